The van der Waals surface area contributed by atoms with E-state index in [1.807, 2.05) is 0 Å². The number of amides is 1. The molecule has 3 aromatic heterocycles. The Labute approximate surface area is 229 Å². The van der Waals surface area contributed by atoms with Crippen molar-refractivity contribution in [3.05, 3.63) is 76.2 Å². The summed E-state index contributed by atoms with van der Waals surface area (Å²) in [4.78, 5) is 45.4. The van der Waals surface area contributed by atoms with Crippen molar-refractivity contribution in [1.29, 1.82) is 0 Å². The van der Waals surface area contributed by atoms with Crippen LogP contribution in [0.3, 0.4) is 0 Å². The second kappa shape index (κ2) is 9.61. The fraction of sp³-hybridized carbons (Fsp3) is 0.250. The number of aromatic nitrogens is 5. The Morgan fingerprint density at radius 2 is 1.90 bits per heavy atom. The van der Waals surface area contributed by atoms with Crippen LogP contribution in [0, 0.1) is 0 Å². The number of rotatable bonds is 4. The van der Waals surface area contributed by atoms with Gasteiger partial charge in [-0.3, -0.25) is 19.4 Å². The molecule has 1 aliphatic rings. The number of hydrogen-bond donors (Lipinski definition) is 1. The van der Waals surface area contributed by atoms with E-state index in [9.17, 15) is 27.6 Å². The normalized spacial score (nSPS) is 15.6. The van der Waals surface area contributed by atoms with Gasteiger partial charge in [-0.15, -0.1) is 0 Å². The number of methoxy groups -OCH3 is 1. The minimum Gasteiger partial charge on any atom is -0.467 e. The van der Waals surface area contributed by atoms with Crippen molar-refractivity contribution in [2.75, 3.05) is 13.7 Å². The number of alkyl halides is 3. The van der Waals surface area contributed by atoms with E-state index in [0.29, 0.717) is 41.6 Å². The van der Waals surface area contributed by atoms with E-state index < -0.39 is 29.3 Å². The molecule has 1 amide bonds. The molecule has 13 heteroatoms. The Morgan fingerprint density at radius 1 is 1.12 bits per heavy atom. The highest BCUT2D eigenvalue weighted by Crippen LogP contribution is 2.35. The molecule has 0 aliphatic carbocycles. The standard InChI is InChI=1S/C28H23F3N6O4/c1-35-24-19(14-32-35)23-21(22(33-24)15-6-3-8-17(12-15)28(29,30)31)26(39)37(34-23)18-9-4-7-16(13-18)25(38)36-11-5-10-20(36)27(40)41-2/h3-4,6-9,12-14,20,34H,5,10-11H2,1-2H3/t20-/m0/s1. The summed E-state index contributed by atoms with van der Waals surface area (Å²) < 4.78 is 48.1. The monoisotopic (exact) mass is 564 g/mol. The third kappa shape index (κ3) is 4.33. The number of nitrogens with one attached hydrogen (secondary N) is 1. The zero-order chi connectivity index (χ0) is 29.1. The van der Waals surface area contributed by atoms with Gasteiger partial charge in [-0.05, 0) is 43.2 Å². The van der Waals surface area contributed by atoms with Gasteiger partial charge in [0, 0.05) is 24.7 Å². The SMILES string of the molecule is COC(=O)[C@@H]1CCCN1C(=O)c1cccc(-n2[nH]c3c(c(-c4cccc(C(F)(F)F)c4)nc4c3cnn4C)c2=O)c1. The molecular formula is C28H23F3N6O4. The lowest BCUT2D eigenvalue weighted by atomic mass is 10.0. The van der Waals surface area contributed by atoms with E-state index in [-0.39, 0.29) is 28.1 Å². The van der Waals surface area contributed by atoms with E-state index in [4.69, 9.17) is 4.74 Å². The molecule has 210 valence electrons. The van der Waals surface area contributed by atoms with Crippen LogP contribution in [0.15, 0.2) is 59.5 Å². The third-order valence-electron chi connectivity index (χ3n) is 7.32. The molecule has 5 aromatic rings. The van der Waals surface area contributed by atoms with E-state index in [2.05, 4.69) is 15.2 Å². The Kier molecular flexibility index (Phi) is 6.16. The van der Waals surface area contributed by atoms with Crippen LogP contribution in [0.4, 0.5) is 13.2 Å². The topological polar surface area (TPSA) is 115 Å². The summed E-state index contributed by atoms with van der Waals surface area (Å²) in [6.07, 6.45) is -1.93. The van der Waals surface area contributed by atoms with Crippen LogP contribution in [0.2, 0.25) is 0 Å². The smallest absolute Gasteiger partial charge is 0.416 e. The van der Waals surface area contributed by atoms with E-state index in [1.165, 1.54) is 45.8 Å². The van der Waals surface area contributed by atoms with Crippen LogP contribution in [-0.4, -0.2) is 61.0 Å². The van der Waals surface area contributed by atoms with Crippen molar-refractivity contribution >= 4 is 33.8 Å². The molecule has 1 aliphatic heterocycles. The first-order valence-electron chi connectivity index (χ1n) is 12.7. The lowest BCUT2D eigenvalue weighted by Gasteiger charge is -2.22. The van der Waals surface area contributed by atoms with Crippen LogP contribution in [0.5, 0.6) is 0 Å². The number of carbonyl (C=O) groups is 2. The average molecular weight is 565 g/mol. The van der Waals surface area contributed by atoms with Crippen molar-refractivity contribution in [2.45, 2.75) is 25.1 Å². The molecule has 0 saturated carbocycles. The van der Waals surface area contributed by atoms with Crippen molar-refractivity contribution in [3.8, 4) is 16.9 Å². The first kappa shape index (κ1) is 26.3. The number of esters is 1. The van der Waals surface area contributed by atoms with Gasteiger partial charge in [0.15, 0.2) is 5.65 Å². The van der Waals surface area contributed by atoms with Gasteiger partial charge in [-0.1, -0.05) is 18.2 Å². The van der Waals surface area contributed by atoms with Crippen molar-refractivity contribution < 1.29 is 27.5 Å². The quantitative estimate of drug-likeness (QED) is 0.329. The van der Waals surface area contributed by atoms with Crippen molar-refractivity contribution in [3.63, 3.8) is 0 Å². The molecule has 0 spiro atoms. The average Bonchev–Trinajstić information content (AvgIpc) is 3.69. The largest absolute Gasteiger partial charge is 0.467 e. The lowest BCUT2D eigenvalue weighted by molar-refractivity contribution is -0.145. The predicted molar refractivity (Wildman–Crippen MR) is 142 cm³/mol. The van der Waals surface area contributed by atoms with Crippen molar-refractivity contribution in [2.24, 2.45) is 7.05 Å². The Morgan fingerprint density at radius 3 is 2.66 bits per heavy atom. The number of aryl methyl sites for hydroxylation is 1. The van der Waals surface area contributed by atoms with Crippen LogP contribution < -0.4 is 5.56 Å². The van der Waals surface area contributed by atoms with Gasteiger partial charge in [0.2, 0.25) is 0 Å². The molecule has 0 bridgehead atoms. The third-order valence-corrected chi connectivity index (χ3v) is 7.32. The highest BCUT2D eigenvalue weighted by Gasteiger charge is 2.35. The van der Waals surface area contributed by atoms with E-state index >= 15 is 0 Å². The number of halogens is 3. The van der Waals surface area contributed by atoms with Gasteiger partial charge in [0.25, 0.3) is 11.5 Å². The molecule has 0 unspecified atom stereocenters. The molecule has 1 fully saturated rings. The number of aromatic amines is 1. The number of H-pyrrole nitrogens is 1. The van der Waals surface area contributed by atoms with Gasteiger partial charge in [-0.25, -0.2) is 14.5 Å². The Bertz CT molecular complexity index is 1900. The summed E-state index contributed by atoms with van der Waals surface area (Å²) in [7, 11) is 2.91. The van der Waals surface area contributed by atoms with Gasteiger partial charge >= 0.3 is 12.1 Å². The molecular weight excluding hydrogens is 541 g/mol. The number of likely N-dealkylation sites (tertiary alicyclic amines) is 1. The molecule has 41 heavy (non-hydrogen) atoms. The lowest BCUT2D eigenvalue weighted by Crippen LogP contribution is -2.41. The maximum absolute atomic E-state index is 13.9. The van der Waals surface area contributed by atoms with Crippen molar-refractivity contribution in [1.82, 2.24) is 29.4 Å². The highest BCUT2D eigenvalue weighted by molar-refractivity contribution is 6.07. The zero-order valence-corrected chi connectivity index (χ0v) is 21.9. The summed E-state index contributed by atoms with van der Waals surface area (Å²) in [6, 6.07) is 10.3. The second-order valence-electron chi connectivity index (χ2n) is 9.78. The van der Waals surface area contributed by atoms with Gasteiger partial charge in [0.05, 0.1) is 46.5 Å². The van der Waals surface area contributed by atoms with Crippen LogP contribution >= 0.6 is 0 Å². The summed E-state index contributed by atoms with van der Waals surface area (Å²) in [6.45, 7) is 0.389. The number of nitrogens with zero attached hydrogens (tertiary/aromatic N) is 5. The molecule has 10 nitrogen and oxygen atoms in total. The number of fused-ring (bicyclic) bond motifs is 3. The molecule has 6 rings (SSSR count). The van der Waals surface area contributed by atoms with E-state index in [0.717, 1.165) is 12.1 Å². The van der Waals surface area contributed by atoms with Gasteiger partial charge < -0.3 is 9.64 Å². The first-order chi connectivity index (χ1) is 19.6. The molecule has 0 radical (unpaired) electrons. The maximum Gasteiger partial charge on any atom is 0.416 e. The van der Waals surface area contributed by atoms with Gasteiger partial charge in [-0.2, -0.15) is 18.3 Å². The second-order valence-corrected chi connectivity index (χ2v) is 9.78. The summed E-state index contributed by atoms with van der Waals surface area (Å²) in [5.41, 5.74) is 0.0146. The molecule has 2 aromatic carbocycles. The number of pyridine rings is 1. The molecule has 1 atom stereocenters. The summed E-state index contributed by atoms with van der Waals surface area (Å²) in [5, 5.41) is 7.84. The number of ether oxygens (including phenoxy) is 1. The Hall–Kier alpha value is -4.94. The first-order valence-corrected chi connectivity index (χ1v) is 12.7. The minimum absolute atomic E-state index is 0.0624. The maximum atomic E-state index is 13.9. The fourth-order valence-electron chi connectivity index (χ4n) is 5.32. The minimum atomic E-state index is -4.58. The molecule has 4 heterocycles. The van der Waals surface area contributed by atoms with Crippen LogP contribution in [0.1, 0.15) is 28.8 Å². The summed E-state index contributed by atoms with van der Waals surface area (Å²) >= 11 is 0. The summed E-state index contributed by atoms with van der Waals surface area (Å²) in [5.74, 6) is -0.876. The zero-order valence-electron chi connectivity index (χ0n) is 21.9. The highest BCUT2D eigenvalue weighted by atomic mass is 19.4. The number of benzene rings is 2. The Balaban J connectivity index is 1.51. The van der Waals surface area contributed by atoms with E-state index in [1.54, 1.807) is 25.2 Å². The van der Waals surface area contributed by atoms with Crippen LogP contribution in [0.25, 0.3) is 38.9 Å². The molecule has 1 N–H and O–H groups in total. The predicted octanol–water partition coefficient (Wildman–Crippen LogP) is 4.06. The fourth-order valence-corrected chi connectivity index (χ4v) is 5.32. The van der Waals surface area contributed by atoms with Gasteiger partial charge in [0.1, 0.15) is 6.04 Å². The number of hydrogen-bond acceptors (Lipinski definition) is 6. The van der Waals surface area contributed by atoms with Crippen LogP contribution in [-0.2, 0) is 22.8 Å². The number of carbonyl (C=O) groups excluding carboxylic acids is 2. The molecule has 1 saturated heterocycles.